The lowest BCUT2D eigenvalue weighted by Gasteiger charge is -2.05. The zero-order valence-electron chi connectivity index (χ0n) is 11.4. The Morgan fingerprint density at radius 2 is 2.10 bits per heavy atom. The first-order chi connectivity index (χ1) is 10.1. The molecule has 0 radical (unpaired) electrons. The van der Waals surface area contributed by atoms with Gasteiger partial charge in [-0.15, -0.1) is 0 Å². The average molecular weight is 284 g/mol. The van der Waals surface area contributed by atoms with Crippen molar-refractivity contribution in [2.24, 2.45) is 0 Å². The van der Waals surface area contributed by atoms with Crippen molar-refractivity contribution in [3.63, 3.8) is 0 Å². The molecular formula is C16H14BFO3. The Morgan fingerprint density at radius 3 is 2.90 bits per heavy atom. The zero-order chi connectivity index (χ0) is 14.8. The molecule has 0 saturated carbocycles. The lowest BCUT2D eigenvalue weighted by Crippen LogP contribution is -2.28. The van der Waals surface area contributed by atoms with E-state index in [9.17, 15) is 14.2 Å². The third kappa shape index (κ3) is 2.89. The van der Waals surface area contributed by atoms with Gasteiger partial charge in [0.05, 0.1) is 6.61 Å². The molecule has 1 aliphatic rings. The quantitative estimate of drug-likeness (QED) is 0.688. The van der Waals surface area contributed by atoms with Gasteiger partial charge in [-0.3, -0.25) is 4.79 Å². The van der Waals surface area contributed by atoms with Crippen LogP contribution in [0.4, 0.5) is 4.39 Å². The highest BCUT2D eigenvalue weighted by Crippen LogP contribution is 2.15. The predicted molar refractivity (Wildman–Crippen MR) is 77.9 cm³/mol. The number of carbonyl (C=O) groups excluding carboxylic acids is 1. The van der Waals surface area contributed by atoms with Crippen molar-refractivity contribution in [2.75, 3.05) is 0 Å². The number of halogens is 1. The molecule has 0 fully saturated rings. The zero-order valence-corrected chi connectivity index (χ0v) is 11.4. The first-order valence-electron chi connectivity index (χ1n) is 6.84. The van der Waals surface area contributed by atoms with Gasteiger partial charge in [0.1, 0.15) is 5.82 Å². The van der Waals surface area contributed by atoms with Gasteiger partial charge in [-0.05, 0) is 29.1 Å². The fourth-order valence-electron chi connectivity index (χ4n) is 2.48. The summed E-state index contributed by atoms with van der Waals surface area (Å²) in [5.41, 5.74) is 2.60. The smallest absolute Gasteiger partial charge is 0.423 e. The van der Waals surface area contributed by atoms with E-state index in [4.69, 9.17) is 4.65 Å². The first kappa shape index (κ1) is 14.0. The molecule has 3 rings (SSSR count). The van der Waals surface area contributed by atoms with Gasteiger partial charge in [-0.1, -0.05) is 36.4 Å². The molecule has 0 spiro atoms. The summed E-state index contributed by atoms with van der Waals surface area (Å²) in [5, 5.41) is 9.65. The Labute approximate surface area is 122 Å². The van der Waals surface area contributed by atoms with Crippen molar-refractivity contribution < 1.29 is 18.9 Å². The Balaban J connectivity index is 1.72. The van der Waals surface area contributed by atoms with Crippen LogP contribution in [0.1, 0.15) is 27.9 Å². The maximum atomic E-state index is 13.5. The number of Topliss-reactive ketones (excluding diaryl/α,β-unsaturated/α-hetero) is 1. The van der Waals surface area contributed by atoms with Gasteiger partial charge in [0.2, 0.25) is 0 Å². The third-order valence-corrected chi connectivity index (χ3v) is 3.71. The maximum Gasteiger partial charge on any atom is 0.491 e. The Morgan fingerprint density at radius 1 is 1.29 bits per heavy atom. The van der Waals surface area contributed by atoms with Gasteiger partial charge in [-0.2, -0.15) is 0 Å². The van der Waals surface area contributed by atoms with Gasteiger partial charge in [0, 0.05) is 12.0 Å². The van der Waals surface area contributed by atoms with Crippen LogP contribution in [0.2, 0.25) is 0 Å². The molecule has 106 valence electrons. The lowest BCUT2D eigenvalue weighted by atomic mass is 9.78. The summed E-state index contributed by atoms with van der Waals surface area (Å²) >= 11 is 0. The minimum atomic E-state index is -0.959. The second kappa shape index (κ2) is 5.80. The molecule has 0 unspecified atom stereocenters. The van der Waals surface area contributed by atoms with Crippen LogP contribution in [-0.2, 0) is 17.7 Å². The number of fused-ring (bicyclic) bond motifs is 1. The van der Waals surface area contributed by atoms with Crippen LogP contribution in [0.15, 0.2) is 42.5 Å². The number of hydrogen-bond acceptors (Lipinski definition) is 3. The van der Waals surface area contributed by atoms with Gasteiger partial charge in [-0.25, -0.2) is 4.39 Å². The molecule has 0 aromatic heterocycles. The Bertz CT molecular complexity index is 687. The van der Waals surface area contributed by atoms with E-state index in [2.05, 4.69) is 0 Å². The first-order valence-corrected chi connectivity index (χ1v) is 6.84. The second-order valence-corrected chi connectivity index (χ2v) is 5.09. The summed E-state index contributed by atoms with van der Waals surface area (Å²) in [7, 11) is -0.959. The topological polar surface area (TPSA) is 46.5 Å². The summed E-state index contributed by atoms with van der Waals surface area (Å²) in [6.45, 7) is 0.361. The maximum absolute atomic E-state index is 13.5. The van der Waals surface area contributed by atoms with E-state index in [0.717, 1.165) is 5.56 Å². The molecule has 0 bridgehead atoms. The number of hydrogen-bond donors (Lipinski definition) is 1. The van der Waals surface area contributed by atoms with E-state index in [-0.39, 0.29) is 18.0 Å². The Hall–Kier alpha value is -1.98. The van der Waals surface area contributed by atoms with Crippen molar-refractivity contribution in [1.82, 2.24) is 0 Å². The molecule has 0 atom stereocenters. The molecule has 0 saturated heterocycles. The molecular weight excluding hydrogens is 270 g/mol. The third-order valence-electron chi connectivity index (χ3n) is 3.71. The van der Waals surface area contributed by atoms with Crippen LogP contribution < -0.4 is 5.46 Å². The van der Waals surface area contributed by atoms with E-state index in [0.29, 0.717) is 29.6 Å². The van der Waals surface area contributed by atoms with Crippen LogP contribution in [0.3, 0.4) is 0 Å². The number of rotatable bonds is 4. The molecule has 2 aromatic carbocycles. The molecule has 1 N–H and O–H groups in total. The summed E-state index contributed by atoms with van der Waals surface area (Å²) < 4.78 is 18.6. The molecule has 1 heterocycles. The van der Waals surface area contributed by atoms with Crippen LogP contribution >= 0.6 is 0 Å². The highest BCUT2D eigenvalue weighted by molar-refractivity contribution is 6.61. The normalized spacial score (nSPS) is 13.3. The van der Waals surface area contributed by atoms with Crippen molar-refractivity contribution in [3.05, 3.63) is 65.0 Å². The van der Waals surface area contributed by atoms with Gasteiger partial charge < -0.3 is 9.68 Å². The van der Waals surface area contributed by atoms with Crippen molar-refractivity contribution in [1.29, 1.82) is 0 Å². The average Bonchev–Trinajstić information content (AvgIpc) is 2.87. The van der Waals surface area contributed by atoms with Gasteiger partial charge in [0.15, 0.2) is 5.78 Å². The standard InChI is InChI=1S/C16H14BFO3/c18-15-4-2-1-3-11(15)7-8-16(19)12-5-6-13-10-21-17(20)14(13)9-12/h1-6,9,20H,7-8,10H2. The van der Waals surface area contributed by atoms with E-state index in [1.807, 2.05) is 0 Å². The summed E-state index contributed by atoms with van der Waals surface area (Å²) in [6, 6.07) is 11.6. The number of aryl methyl sites for hydroxylation is 1. The molecule has 2 aromatic rings. The monoisotopic (exact) mass is 284 g/mol. The molecule has 0 aliphatic carbocycles. The molecule has 5 heteroatoms. The van der Waals surface area contributed by atoms with Crippen molar-refractivity contribution >= 4 is 18.4 Å². The lowest BCUT2D eigenvalue weighted by molar-refractivity contribution is 0.0982. The fraction of sp³-hybridized carbons (Fsp3) is 0.188. The van der Waals surface area contributed by atoms with Crippen molar-refractivity contribution in [2.45, 2.75) is 19.4 Å². The van der Waals surface area contributed by atoms with Gasteiger partial charge in [0.25, 0.3) is 0 Å². The number of ketones is 1. The molecule has 0 amide bonds. The second-order valence-electron chi connectivity index (χ2n) is 5.09. The predicted octanol–water partition coefficient (Wildman–Crippen LogP) is 1.86. The molecule has 21 heavy (non-hydrogen) atoms. The van der Waals surface area contributed by atoms with Crippen LogP contribution in [-0.4, -0.2) is 17.9 Å². The SMILES string of the molecule is O=C(CCc1ccccc1F)c1ccc2c(c1)B(O)OC2. The van der Waals surface area contributed by atoms with E-state index in [1.54, 1.807) is 36.4 Å². The minimum Gasteiger partial charge on any atom is -0.423 e. The van der Waals surface area contributed by atoms with E-state index < -0.39 is 7.12 Å². The highest BCUT2D eigenvalue weighted by Gasteiger charge is 2.27. The fourth-order valence-corrected chi connectivity index (χ4v) is 2.48. The van der Waals surface area contributed by atoms with E-state index >= 15 is 0 Å². The number of carbonyl (C=O) groups is 1. The molecule has 3 nitrogen and oxygen atoms in total. The highest BCUT2D eigenvalue weighted by atomic mass is 19.1. The number of benzene rings is 2. The Kier molecular flexibility index (Phi) is 3.86. The summed E-state index contributed by atoms with van der Waals surface area (Å²) in [4.78, 5) is 12.2. The minimum absolute atomic E-state index is 0.0693. The van der Waals surface area contributed by atoms with Crippen LogP contribution in [0.25, 0.3) is 0 Å². The van der Waals surface area contributed by atoms with Crippen molar-refractivity contribution in [3.8, 4) is 0 Å². The summed E-state index contributed by atoms with van der Waals surface area (Å²) in [6.07, 6.45) is 0.596. The largest absolute Gasteiger partial charge is 0.491 e. The van der Waals surface area contributed by atoms with Crippen LogP contribution in [0.5, 0.6) is 0 Å². The van der Waals surface area contributed by atoms with Gasteiger partial charge >= 0.3 is 7.12 Å². The van der Waals surface area contributed by atoms with E-state index in [1.165, 1.54) is 6.07 Å². The molecule has 1 aliphatic heterocycles. The summed E-state index contributed by atoms with van der Waals surface area (Å²) in [5.74, 6) is -0.358. The van der Waals surface area contributed by atoms with Crippen LogP contribution in [0, 0.1) is 5.82 Å².